The molecule has 6 heteroatoms. The normalized spacial score (nSPS) is 10.7. The second kappa shape index (κ2) is 5.16. The first-order valence-corrected chi connectivity index (χ1v) is 6.00. The maximum absolute atomic E-state index is 12.3. The molecule has 2 rings (SSSR count). The van der Waals surface area contributed by atoms with Crippen molar-refractivity contribution >= 4 is 22.8 Å². The Kier molecular flexibility index (Phi) is 3.56. The first kappa shape index (κ1) is 13.8. The first-order chi connectivity index (χ1) is 9.40. The van der Waals surface area contributed by atoms with Crippen LogP contribution in [0.2, 0.25) is 0 Å². The van der Waals surface area contributed by atoms with Gasteiger partial charge >= 0.3 is 11.9 Å². The highest BCUT2D eigenvalue weighted by molar-refractivity contribution is 5.93. The summed E-state index contributed by atoms with van der Waals surface area (Å²) in [4.78, 5) is 36.9. The first-order valence-electron chi connectivity index (χ1n) is 6.00. The molecule has 0 radical (unpaired) electrons. The van der Waals surface area contributed by atoms with E-state index >= 15 is 0 Å². The number of aromatic carboxylic acids is 1. The van der Waals surface area contributed by atoms with Crippen LogP contribution >= 0.6 is 0 Å². The fraction of sp³-hybridized carbons (Fsp3) is 0.214. The van der Waals surface area contributed by atoms with Crippen LogP contribution in [0.4, 0.5) is 0 Å². The van der Waals surface area contributed by atoms with Crippen molar-refractivity contribution in [1.82, 2.24) is 4.98 Å². The molecule has 1 heterocycles. The number of carboxylic acids is 2. The van der Waals surface area contributed by atoms with Crippen molar-refractivity contribution in [3.05, 3.63) is 45.2 Å². The summed E-state index contributed by atoms with van der Waals surface area (Å²) in [5, 5.41) is 17.9. The molecule has 0 unspecified atom stereocenters. The lowest BCUT2D eigenvalue weighted by Gasteiger charge is -2.07. The molecule has 20 heavy (non-hydrogen) atoms. The smallest absolute Gasteiger partial charge is 0.335 e. The van der Waals surface area contributed by atoms with E-state index in [2.05, 4.69) is 4.98 Å². The number of fused-ring (bicyclic) bond motifs is 1. The highest BCUT2D eigenvalue weighted by Crippen LogP contribution is 2.14. The molecule has 0 saturated heterocycles. The fourth-order valence-electron chi connectivity index (χ4n) is 2.12. The van der Waals surface area contributed by atoms with Crippen LogP contribution in [0.5, 0.6) is 0 Å². The Morgan fingerprint density at radius 2 is 1.95 bits per heavy atom. The molecule has 6 nitrogen and oxygen atoms in total. The van der Waals surface area contributed by atoms with E-state index in [-0.39, 0.29) is 29.2 Å². The van der Waals surface area contributed by atoms with Gasteiger partial charge in [0, 0.05) is 28.6 Å². The Hall–Kier alpha value is -2.63. The minimum absolute atomic E-state index is 0.0241. The van der Waals surface area contributed by atoms with Gasteiger partial charge in [0.15, 0.2) is 5.43 Å². The molecule has 0 saturated carbocycles. The van der Waals surface area contributed by atoms with Crippen molar-refractivity contribution in [3.63, 3.8) is 0 Å². The van der Waals surface area contributed by atoms with Gasteiger partial charge < -0.3 is 15.2 Å². The number of hydrogen-bond donors (Lipinski definition) is 3. The maximum atomic E-state index is 12.3. The third kappa shape index (κ3) is 2.54. The summed E-state index contributed by atoms with van der Waals surface area (Å²) in [7, 11) is 0. The van der Waals surface area contributed by atoms with E-state index in [1.54, 1.807) is 6.92 Å². The topological polar surface area (TPSA) is 107 Å². The molecule has 1 aromatic heterocycles. The van der Waals surface area contributed by atoms with E-state index in [1.165, 1.54) is 18.2 Å². The highest BCUT2D eigenvalue weighted by Gasteiger charge is 2.12. The number of carboxylic acid groups (broad SMARTS) is 2. The third-order valence-corrected chi connectivity index (χ3v) is 3.15. The van der Waals surface area contributed by atoms with Crippen molar-refractivity contribution in [3.8, 4) is 0 Å². The van der Waals surface area contributed by atoms with Gasteiger partial charge in [-0.2, -0.15) is 0 Å². The Labute approximate surface area is 113 Å². The zero-order valence-corrected chi connectivity index (χ0v) is 10.8. The highest BCUT2D eigenvalue weighted by atomic mass is 16.4. The lowest BCUT2D eigenvalue weighted by atomic mass is 10.0. The third-order valence-electron chi connectivity index (χ3n) is 3.15. The summed E-state index contributed by atoms with van der Waals surface area (Å²) in [5.74, 6) is -2.10. The number of pyridine rings is 1. The zero-order valence-electron chi connectivity index (χ0n) is 10.8. The van der Waals surface area contributed by atoms with Crippen molar-refractivity contribution in [2.45, 2.75) is 19.8 Å². The lowest BCUT2D eigenvalue weighted by molar-refractivity contribution is -0.136. The van der Waals surface area contributed by atoms with Crippen LogP contribution in [0.1, 0.15) is 28.0 Å². The van der Waals surface area contributed by atoms with Gasteiger partial charge in [-0.15, -0.1) is 0 Å². The Morgan fingerprint density at radius 1 is 1.25 bits per heavy atom. The molecule has 0 aliphatic rings. The van der Waals surface area contributed by atoms with Gasteiger partial charge in [-0.05, 0) is 31.5 Å². The summed E-state index contributed by atoms with van der Waals surface area (Å²) in [6.45, 7) is 1.70. The molecule has 104 valence electrons. The second-order valence-corrected chi connectivity index (χ2v) is 4.52. The summed E-state index contributed by atoms with van der Waals surface area (Å²) in [5.41, 5.74) is 1.22. The molecule has 0 atom stereocenters. The number of aliphatic carboxylic acids is 1. The number of rotatable bonds is 4. The van der Waals surface area contributed by atoms with Gasteiger partial charge in [-0.1, -0.05) is 0 Å². The summed E-state index contributed by atoms with van der Waals surface area (Å²) in [6.07, 6.45) is -0.0300. The van der Waals surface area contributed by atoms with Gasteiger partial charge in [-0.25, -0.2) is 4.79 Å². The number of aromatic nitrogens is 1. The number of carbonyl (C=O) groups is 2. The predicted molar refractivity (Wildman–Crippen MR) is 72.2 cm³/mol. The zero-order chi connectivity index (χ0) is 14.9. The van der Waals surface area contributed by atoms with Gasteiger partial charge in [-0.3, -0.25) is 9.59 Å². The number of aromatic amines is 1. The molecule has 0 amide bonds. The molecule has 3 N–H and O–H groups in total. The molecular formula is C14H13NO5. The minimum Gasteiger partial charge on any atom is -0.481 e. The fourth-order valence-corrected chi connectivity index (χ4v) is 2.12. The van der Waals surface area contributed by atoms with E-state index in [0.29, 0.717) is 16.8 Å². The number of hydrogen-bond acceptors (Lipinski definition) is 3. The Bertz CT molecular complexity index is 760. The molecule has 2 aromatic rings. The largest absolute Gasteiger partial charge is 0.481 e. The van der Waals surface area contributed by atoms with Crippen molar-refractivity contribution in [2.24, 2.45) is 0 Å². The quantitative estimate of drug-likeness (QED) is 0.784. The maximum Gasteiger partial charge on any atom is 0.335 e. The SMILES string of the molecule is Cc1[nH]c2ccc(C(=O)O)cc2c(=O)c1CCC(=O)O. The van der Waals surface area contributed by atoms with Gasteiger partial charge in [0.05, 0.1) is 5.56 Å². The van der Waals surface area contributed by atoms with Crippen LogP contribution in [0.3, 0.4) is 0 Å². The summed E-state index contributed by atoms with van der Waals surface area (Å²) >= 11 is 0. The molecule has 0 bridgehead atoms. The van der Waals surface area contributed by atoms with Crippen molar-refractivity contribution < 1.29 is 19.8 Å². The van der Waals surface area contributed by atoms with Crippen LogP contribution in [-0.2, 0) is 11.2 Å². The molecule has 0 fully saturated rings. The van der Waals surface area contributed by atoms with Crippen LogP contribution in [0.25, 0.3) is 10.9 Å². The number of benzene rings is 1. The monoisotopic (exact) mass is 275 g/mol. The van der Waals surface area contributed by atoms with Crippen molar-refractivity contribution in [1.29, 1.82) is 0 Å². The molecule has 0 aliphatic carbocycles. The van der Waals surface area contributed by atoms with Gasteiger partial charge in [0.25, 0.3) is 0 Å². The Morgan fingerprint density at radius 3 is 2.55 bits per heavy atom. The van der Waals surface area contributed by atoms with E-state index in [4.69, 9.17) is 10.2 Å². The summed E-state index contributed by atoms with van der Waals surface area (Å²) in [6, 6.07) is 4.26. The minimum atomic E-state index is -1.11. The van der Waals surface area contributed by atoms with E-state index < -0.39 is 11.9 Å². The summed E-state index contributed by atoms with van der Waals surface area (Å²) < 4.78 is 0. The molecule has 0 spiro atoms. The second-order valence-electron chi connectivity index (χ2n) is 4.52. The number of nitrogens with one attached hydrogen (secondary N) is 1. The average molecular weight is 275 g/mol. The number of aryl methyl sites for hydroxylation is 1. The molecule has 1 aromatic carbocycles. The van der Waals surface area contributed by atoms with E-state index in [0.717, 1.165) is 0 Å². The Balaban J connectivity index is 2.62. The average Bonchev–Trinajstić information content (AvgIpc) is 2.37. The lowest BCUT2D eigenvalue weighted by Crippen LogP contribution is -2.15. The molecule has 0 aliphatic heterocycles. The molecular weight excluding hydrogens is 262 g/mol. The van der Waals surface area contributed by atoms with Crippen LogP contribution in [0.15, 0.2) is 23.0 Å². The van der Waals surface area contributed by atoms with Crippen LogP contribution in [-0.4, -0.2) is 27.1 Å². The van der Waals surface area contributed by atoms with E-state index in [9.17, 15) is 14.4 Å². The van der Waals surface area contributed by atoms with Gasteiger partial charge in [0.1, 0.15) is 0 Å². The standard InChI is InChI=1S/C14H13NO5/c1-7-9(3-5-12(16)17)13(18)10-6-8(14(19)20)2-4-11(10)15-7/h2,4,6H,3,5H2,1H3,(H,15,18)(H,16,17)(H,19,20). The predicted octanol–water partition coefficient (Wildman–Crippen LogP) is 1.55. The van der Waals surface area contributed by atoms with Crippen LogP contribution in [0, 0.1) is 6.92 Å². The number of H-pyrrole nitrogens is 1. The van der Waals surface area contributed by atoms with Crippen molar-refractivity contribution in [2.75, 3.05) is 0 Å². The van der Waals surface area contributed by atoms with E-state index in [1.807, 2.05) is 0 Å². The van der Waals surface area contributed by atoms with Gasteiger partial charge in [0.2, 0.25) is 0 Å². The van der Waals surface area contributed by atoms with Crippen LogP contribution < -0.4 is 5.43 Å².